The Hall–Kier alpha value is -2.33. The van der Waals surface area contributed by atoms with Crippen LogP contribution in [0.3, 0.4) is 0 Å². The largest absolute Gasteiger partial charge is 0.475 e. The predicted octanol–water partition coefficient (Wildman–Crippen LogP) is 4.68. The summed E-state index contributed by atoms with van der Waals surface area (Å²) in [7, 11) is 0. The van der Waals surface area contributed by atoms with E-state index in [2.05, 4.69) is 15.3 Å². The minimum Gasteiger partial charge on any atom is -0.475 e. The van der Waals surface area contributed by atoms with Gasteiger partial charge in [-0.1, -0.05) is 17.7 Å². The van der Waals surface area contributed by atoms with Gasteiger partial charge in [0, 0.05) is 40.6 Å². The van der Waals surface area contributed by atoms with Gasteiger partial charge in [0.25, 0.3) is 0 Å². The molecule has 0 aliphatic rings. The third-order valence-corrected chi connectivity index (χ3v) is 3.61. The number of pyridine rings is 2. The Labute approximate surface area is 140 Å². The number of rotatable bonds is 5. The van der Waals surface area contributed by atoms with Crippen LogP contribution in [0.15, 0.2) is 48.8 Å². The highest BCUT2D eigenvalue weighted by Gasteiger charge is 2.08. The summed E-state index contributed by atoms with van der Waals surface area (Å²) in [4.78, 5) is 8.67. The first kappa shape index (κ1) is 15.6. The second-order valence-corrected chi connectivity index (χ2v) is 5.94. The Morgan fingerprint density at radius 1 is 1.13 bits per heavy atom. The molecule has 3 aromatic rings. The zero-order valence-corrected chi connectivity index (χ0v) is 13.8. The minimum atomic E-state index is 0.0872. The summed E-state index contributed by atoms with van der Waals surface area (Å²) in [6, 6.07) is 11.5. The lowest BCUT2D eigenvalue weighted by Gasteiger charge is -2.14. The molecule has 2 aromatic heterocycles. The standard InChI is InChI=1S/C18H18ClN3O/c1-12(2)23-18-13(4-3-8-21-18)11-22-17-7-9-20-16-6-5-14(19)10-15(16)17/h3-10,12H,11H2,1-2H3,(H,20,22). The molecule has 0 amide bonds. The second kappa shape index (κ2) is 6.84. The van der Waals surface area contributed by atoms with E-state index < -0.39 is 0 Å². The van der Waals surface area contributed by atoms with Crippen molar-refractivity contribution in [2.45, 2.75) is 26.5 Å². The van der Waals surface area contributed by atoms with Gasteiger partial charge in [-0.2, -0.15) is 0 Å². The molecule has 0 atom stereocenters. The lowest BCUT2D eigenvalue weighted by atomic mass is 10.2. The van der Waals surface area contributed by atoms with Gasteiger partial charge in [0.05, 0.1) is 11.6 Å². The number of benzene rings is 1. The van der Waals surface area contributed by atoms with Crippen LogP contribution in [0.5, 0.6) is 5.88 Å². The second-order valence-electron chi connectivity index (χ2n) is 5.51. The summed E-state index contributed by atoms with van der Waals surface area (Å²) >= 11 is 6.10. The van der Waals surface area contributed by atoms with E-state index in [-0.39, 0.29) is 6.10 Å². The summed E-state index contributed by atoms with van der Waals surface area (Å²) in [6.07, 6.45) is 3.61. The van der Waals surface area contributed by atoms with Crippen molar-refractivity contribution in [3.05, 3.63) is 59.4 Å². The number of fused-ring (bicyclic) bond motifs is 1. The molecule has 0 saturated heterocycles. The van der Waals surface area contributed by atoms with E-state index in [1.807, 2.05) is 50.2 Å². The molecule has 1 N–H and O–H groups in total. The molecule has 0 radical (unpaired) electrons. The lowest BCUT2D eigenvalue weighted by Crippen LogP contribution is -2.10. The maximum Gasteiger partial charge on any atom is 0.218 e. The molecule has 0 saturated carbocycles. The fourth-order valence-electron chi connectivity index (χ4n) is 2.35. The topological polar surface area (TPSA) is 47.0 Å². The van der Waals surface area contributed by atoms with Gasteiger partial charge in [-0.3, -0.25) is 4.98 Å². The van der Waals surface area contributed by atoms with Gasteiger partial charge in [-0.15, -0.1) is 0 Å². The van der Waals surface area contributed by atoms with Crippen molar-refractivity contribution in [3.63, 3.8) is 0 Å². The fraction of sp³-hybridized carbons (Fsp3) is 0.222. The molecule has 0 unspecified atom stereocenters. The molecule has 4 nitrogen and oxygen atoms in total. The summed E-state index contributed by atoms with van der Waals surface area (Å²) in [5.41, 5.74) is 2.90. The molecule has 1 aromatic carbocycles. The molecule has 23 heavy (non-hydrogen) atoms. The SMILES string of the molecule is CC(C)Oc1ncccc1CNc1ccnc2ccc(Cl)cc12. The van der Waals surface area contributed by atoms with Crippen LogP contribution in [0.25, 0.3) is 10.9 Å². The van der Waals surface area contributed by atoms with Gasteiger partial charge in [0.1, 0.15) is 0 Å². The van der Waals surface area contributed by atoms with Crippen LogP contribution in [0.4, 0.5) is 5.69 Å². The number of anilines is 1. The Morgan fingerprint density at radius 2 is 2.00 bits per heavy atom. The van der Waals surface area contributed by atoms with E-state index in [1.54, 1.807) is 12.4 Å². The fourth-order valence-corrected chi connectivity index (χ4v) is 2.52. The van der Waals surface area contributed by atoms with Gasteiger partial charge in [-0.05, 0) is 44.2 Å². The molecule has 0 bridgehead atoms. The summed E-state index contributed by atoms with van der Waals surface area (Å²) in [6.45, 7) is 4.59. The molecule has 2 heterocycles. The van der Waals surface area contributed by atoms with E-state index in [1.165, 1.54) is 0 Å². The van der Waals surface area contributed by atoms with Crippen molar-refractivity contribution in [2.75, 3.05) is 5.32 Å². The van der Waals surface area contributed by atoms with Crippen molar-refractivity contribution in [1.82, 2.24) is 9.97 Å². The van der Waals surface area contributed by atoms with Crippen LogP contribution in [0.2, 0.25) is 5.02 Å². The number of hydrogen-bond donors (Lipinski definition) is 1. The summed E-state index contributed by atoms with van der Waals surface area (Å²) in [5.74, 6) is 0.659. The van der Waals surface area contributed by atoms with Gasteiger partial charge >= 0.3 is 0 Å². The maximum atomic E-state index is 6.10. The van der Waals surface area contributed by atoms with E-state index in [4.69, 9.17) is 16.3 Å². The van der Waals surface area contributed by atoms with Crippen LogP contribution in [-0.2, 0) is 6.54 Å². The average molecular weight is 328 g/mol. The van der Waals surface area contributed by atoms with Gasteiger partial charge < -0.3 is 10.1 Å². The van der Waals surface area contributed by atoms with E-state index >= 15 is 0 Å². The number of hydrogen-bond acceptors (Lipinski definition) is 4. The predicted molar refractivity (Wildman–Crippen MR) is 94.1 cm³/mol. The number of nitrogens with zero attached hydrogens (tertiary/aromatic N) is 2. The molecular weight excluding hydrogens is 310 g/mol. The molecule has 0 aliphatic carbocycles. The van der Waals surface area contributed by atoms with Gasteiger partial charge in [-0.25, -0.2) is 4.98 Å². The van der Waals surface area contributed by atoms with E-state index in [9.17, 15) is 0 Å². The monoisotopic (exact) mass is 327 g/mol. The van der Waals surface area contributed by atoms with E-state index in [0.717, 1.165) is 22.2 Å². The highest BCUT2D eigenvalue weighted by atomic mass is 35.5. The number of aromatic nitrogens is 2. The van der Waals surface area contributed by atoms with Gasteiger partial charge in [0.2, 0.25) is 5.88 Å². The highest BCUT2D eigenvalue weighted by molar-refractivity contribution is 6.31. The van der Waals surface area contributed by atoms with Crippen LogP contribution < -0.4 is 10.1 Å². The zero-order valence-electron chi connectivity index (χ0n) is 13.1. The molecule has 3 rings (SSSR count). The number of halogens is 1. The summed E-state index contributed by atoms with van der Waals surface area (Å²) in [5, 5.41) is 5.12. The van der Waals surface area contributed by atoms with Crippen LogP contribution >= 0.6 is 11.6 Å². The van der Waals surface area contributed by atoms with Crippen molar-refractivity contribution < 1.29 is 4.74 Å². The van der Waals surface area contributed by atoms with E-state index in [0.29, 0.717) is 17.4 Å². The lowest BCUT2D eigenvalue weighted by molar-refractivity contribution is 0.230. The molecule has 118 valence electrons. The Bertz CT molecular complexity index is 820. The first-order valence-electron chi connectivity index (χ1n) is 7.52. The quantitative estimate of drug-likeness (QED) is 0.739. The molecule has 0 aliphatic heterocycles. The van der Waals surface area contributed by atoms with Gasteiger partial charge in [0.15, 0.2) is 0 Å². The van der Waals surface area contributed by atoms with Crippen molar-refractivity contribution >= 4 is 28.2 Å². The zero-order chi connectivity index (χ0) is 16.2. The third-order valence-electron chi connectivity index (χ3n) is 3.37. The number of ether oxygens (including phenoxy) is 1. The molecule has 0 fully saturated rings. The van der Waals surface area contributed by atoms with Crippen LogP contribution in [0.1, 0.15) is 19.4 Å². The first-order valence-corrected chi connectivity index (χ1v) is 7.90. The first-order chi connectivity index (χ1) is 11.1. The minimum absolute atomic E-state index is 0.0872. The molecule has 5 heteroatoms. The highest BCUT2D eigenvalue weighted by Crippen LogP contribution is 2.26. The van der Waals surface area contributed by atoms with Crippen LogP contribution in [0, 0.1) is 0 Å². The average Bonchev–Trinajstić information content (AvgIpc) is 2.53. The Morgan fingerprint density at radius 3 is 2.83 bits per heavy atom. The van der Waals surface area contributed by atoms with Crippen molar-refractivity contribution in [1.29, 1.82) is 0 Å². The molecular formula is C18H18ClN3O. The Kier molecular flexibility index (Phi) is 4.63. The molecule has 0 spiro atoms. The maximum absolute atomic E-state index is 6.10. The normalized spacial score (nSPS) is 11.0. The third kappa shape index (κ3) is 3.71. The van der Waals surface area contributed by atoms with Crippen molar-refractivity contribution in [3.8, 4) is 5.88 Å². The summed E-state index contributed by atoms with van der Waals surface area (Å²) < 4.78 is 5.76. The van der Waals surface area contributed by atoms with Crippen molar-refractivity contribution in [2.24, 2.45) is 0 Å². The number of nitrogens with one attached hydrogen (secondary N) is 1. The smallest absolute Gasteiger partial charge is 0.218 e. The van der Waals surface area contributed by atoms with Crippen LogP contribution in [-0.4, -0.2) is 16.1 Å². The Balaban J connectivity index is 1.86.